The van der Waals surface area contributed by atoms with E-state index in [-0.39, 0.29) is 23.4 Å². The van der Waals surface area contributed by atoms with Gasteiger partial charge >= 0.3 is 0 Å². The summed E-state index contributed by atoms with van der Waals surface area (Å²) in [4.78, 5) is 28.4. The first-order valence-corrected chi connectivity index (χ1v) is 14.4. The molecule has 208 valence electrons. The summed E-state index contributed by atoms with van der Waals surface area (Å²) in [6.45, 7) is 8.58. The highest BCUT2D eigenvalue weighted by Crippen LogP contribution is 2.28. The van der Waals surface area contributed by atoms with Crippen LogP contribution in [-0.2, 0) is 26.2 Å². The average molecular weight is 554 g/mol. The van der Waals surface area contributed by atoms with E-state index in [4.69, 9.17) is 0 Å². The van der Waals surface area contributed by atoms with Crippen LogP contribution in [0.15, 0.2) is 77.7 Å². The fourth-order valence-corrected chi connectivity index (χ4v) is 5.65. The predicted octanol–water partition coefficient (Wildman–Crippen LogP) is 4.97. The van der Waals surface area contributed by atoms with Crippen molar-refractivity contribution in [1.82, 2.24) is 10.2 Å². The van der Waals surface area contributed by atoms with Gasteiger partial charge in [0, 0.05) is 12.6 Å². The van der Waals surface area contributed by atoms with E-state index < -0.39 is 34.3 Å². The molecule has 0 fully saturated rings. The van der Waals surface area contributed by atoms with Crippen molar-refractivity contribution < 1.29 is 22.4 Å². The lowest BCUT2D eigenvalue weighted by molar-refractivity contribution is -0.139. The van der Waals surface area contributed by atoms with Gasteiger partial charge in [0.2, 0.25) is 11.8 Å². The lowest BCUT2D eigenvalue weighted by atomic mass is 10.1. The molecule has 0 aliphatic heterocycles. The minimum absolute atomic E-state index is 0.000308. The Morgan fingerprint density at radius 1 is 0.949 bits per heavy atom. The van der Waals surface area contributed by atoms with Gasteiger partial charge in [0.15, 0.2) is 0 Å². The summed E-state index contributed by atoms with van der Waals surface area (Å²) >= 11 is 0. The SMILES string of the molecule is CC[C@H](C)NC(=O)[C@H](C)N(Cc1ccc(F)cc1)C(=O)CN(c1ccc(C)cc1C)S(=O)(=O)c1ccccc1. The summed E-state index contributed by atoms with van der Waals surface area (Å²) in [6, 6.07) is 17.9. The largest absolute Gasteiger partial charge is 0.352 e. The number of benzene rings is 3. The van der Waals surface area contributed by atoms with Crippen LogP contribution in [0.2, 0.25) is 0 Å². The van der Waals surface area contributed by atoms with Crippen molar-refractivity contribution in [3.8, 4) is 0 Å². The quantitative estimate of drug-likeness (QED) is 0.363. The second-order valence-electron chi connectivity index (χ2n) is 9.76. The molecular weight excluding hydrogens is 517 g/mol. The number of carbonyl (C=O) groups is 2. The van der Waals surface area contributed by atoms with Gasteiger partial charge in [-0.15, -0.1) is 0 Å². The number of amides is 2. The minimum Gasteiger partial charge on any atom is -0.352 e. The smallest absolute Gasteiger partial charge is 0.264 e. The first-order valence-electron chi connectivity index (χ1n) is 12.9. The Balaban J connectivity index is 2.04. The molecule has 0 aliphatic carbocycles. The van der Waals surface area contributed by atoms with Crippen molar-refractivity contribution in [3.05, 3.63) is 95.3 Å². The van der Waals surface area contributed by atoms with Crippen LogP contribution in [0.4, 0.5) is 10.1 Å². The van der Waals surface area contributed by atoms with Gasteiger partial charge in [-0.05, 0) is 75.6 Å². The molecule has 3 aromatic carbocycles. The van der Waals surface area contributed by atoms with Crippen LogP contribution in [0.5, 0.6) is 0 Å². The van der Waals surface area contributed by atoms with Crippen molar-refractivity contribution in [2.75, 3.05) is 10.8 Å². The van der Waals surface area contributed by atoms with Gasteiger partial charge < -0.3 is 10.2 Å². The van der Waals surface area contributed by atoms with Gasteiger partial charge in [0.05, 0.1) is 10.6 Å². The number of halogens is 1. The Bertz CT molecular complexity index is 1400. The first-order chi connectivity index (χ1) is 18.4. The van der Waals surface area contributed by atoms with Crippen molar-refractivity contribution >= 4 is 27.5 Å². The second kappa shape index (κ2) is 12.9. The van der Waals surface area contributed by atoms with E-state index in [1.807, 2.05) is 26.8 Å². The maximum atomic E-state index is 13.9. The number of hydrogen-bond acceptors (Lipinski definition) is 4. The number of nitrogens with one attached hydrogen (secondary N) is 1. The van der Waals surface area contributed by atoms with Crippen molar-refractivity contribution in [3.63, 3.8) is 0 Å². The van der Waals surface area contributed by atoms with Crippen molar-refractivity contribution in [2.45, 2.75) is 64.6 Å². The number of hydrogen-bond donors (Lipinski definition) is 1. The van der Waals surface area contributed by atoms with Gasteiger partial charge in [-0.3, -0.25) is 13.9 Å². The molecule has 1 N–H and O–H groups in total. The molecule has 0 saturated heterocycles. The molecule has 3 aromatic rings. The van der Waals surface area contributed by atoms with E-state index >= 15 is 0 Å². The third kappa shape index (κ3) is 7.44. The molecule has 3 rings (SSSR count). The molecule has 0 saturated carbocycles. The molecule has 39 heavy (non-hydrogen) atoms. The summed E-state index contributed by atoms with van der Waals surface area (Å²) in [7, 11) is -4.13. The average Bonchev–Trinajstić information content (AvgIpc) is 2.91. The number of nitrogens with zero attached hydrogens (tertiary/aromatic N) is 2. The van der Waals surface area contributed by atoms with Crippen LogP contribution in [0.3, 0.4) is 0 Å². The monoisotopic (exact) mass is 553 g/mol. The number of aryl methyl sites for hydroxylation is 2. The topological polar surface area (TPSA) is 86.8 Å². The molecular formula is C30H36FN3O4S. The van der Waals surface area contributed by atoms with Crippen LogP contribution in [-0.4, -0.2) is 43.8 Å². The number of rotatable bonds is 11. The summed E-state index contributed by atoms with van der Waals surface area (Å²) in [5.41, 5.74) is 2.62. The predicted molar refractivity (Wildman–Crippen MR) is 151 cm³/mol. The van der Waals surface area contributed by atoms with E-state index in [0.29, 0.717) is 23.2 Å². The number of carbonyl (C=O) groups excluding carboxylic acids is 2. The fraction of sp³-hybridized carbons (Fsp3) is 0.333. The Morgan fingerprint density at radius 2 is 1.59 bits per heavy atom. The van der Waals surface area contributed by atoms with Crippen LogP contribution in [0, 0.1) is 19.7 Å². The van der Waals surface area contributed by atoms with Gasteiger partial charge in [0.25, 0.3) is 10.0 Å². The Morgan fingerprint density at radius 3 is 2.18 bits per heavy atom. The van der Waals surface area contributed by atoms with Gasteiger partial charge in [0.1, 0.15) is 18.4 Å². The van der Waals surface area contributed by atoms with Crippen molar-refractivity contribution in [2.24, 2.45) is 0 Å². The molecule has 2 atom stereocenters. The highest BCUT2D eigenvalue weighted by Gasteiger charge is 2.33. The minimum atomic E-state index is -4.13. The van der Waals surface area contributed by atoms with Crippen LogP contribution in [0.25, 0.3) is 0 Å². The molecule has 7 nitrogen and oxygen atoms in total. The molecule has 0 heterocycles. The molecule has 0 unspecified atom stereocenters. The van der Waals surface area contributed by atoms with E-state index in [1.165, 1.54) is 41.3 Å². The van der Waals surface area contributed by atoms with E-state index in [2.05, 4.69) is 5.32 Å². The maximum Gasteiger partial charge on any atom is 0.264 e. The molecule has 2 amide bonds. The molecule has 0 bridgehead atoms. The fourth-order valence-electron chi connectivity index (χ4n) is 4.15. The third-order valence-electron chi connectivity index (χ3n) is 6.67. The van der Waals surface area contributed by atoms with Gasteiger partial charge in [-0.25, -0.2) is 12.8 Å². The normalized spacial score (nSPS) is 12.9. The van der Waals surface area contributed by atoms with Gasteiger partial charge in [-0.2, -0.15) is 0 Å². The van der Waals surface area contributed by atoms with Crippen LogP contribution >= 0.6 is 0 Å². The molecule has 0 spiro atoms. The summed E-state index contributed by atoms with van der Waals surface area (Å²) in [5, 5.41) is 2.89. The number of sulfonamides is 1. The zero-order valence-electron chi connectivity index (χ0n) is 23.0. The molecule has 9 heteroatoms. The zero-order valence-corrected chi connectivity index (χ0v) is 23.8. The molecule has 0 aromatic heterocycles. The lowest BCUT2D eigenvalue weighted by Gasteiger charge is -2.33. The Labute approximate surface area is 230 Å². The third-order valence-corrected chi connectivity index (χ3v) is 8.44. The maximum absolute atomic E-state index is 13.9. The van der Waals surface area contributed by atoms with Crippen LogP contribution < -0.4 is 9.62 Å². The highest BCUT2D eigenvalue weighted by atomic mass is 32.2. The Hall–Kier alpha value is -3.72. The zero-order chi connectivity index (χ0) is 28.7. The van der Waals surface area contributed by atoms with Crippen molar-refractivity contribution in [1.29, 1.82) is 0 Å². The van der Waals surface area contributed by atoms with E-state index in [1.54, 1.807) is 44.2 Å². The lowest BCUT2D eigenvalue weighted by Crippen LogP contribution is -2.52. The summed E-state index contributed by atoms with van der Waals surface area (Å²) in [6.07, 6.45) is 0.708. The van der Waals surface area contributed by atoms with Crippen LogP contribution in [0.1, 0.15) is 43.9 Å². The molecule has 0 radical (unpaired) electrons. The molecule has 0 aliphatic rings. The Kier molecular flexibility index (Phi) is 9.86. The summed E-state index contributed by atoms with van der Waals surface area (Å²) < 4.78 is 42.3. The summed E-state index contributed by atoms with van der Waals surface area (Å²) in [5.74, 6) is -1.34. The second-order valence-corrected chi connectivity index (χ2v) is 11.6. The van der Waals surface area contributed by atoms with Gasteiger partial charge in [-0.1, -0.05) is 55.0 Å². The standard InChI is InChI=1S/C30H36FN3O4S/c1-6-23(4)32-30(36)24(5)33(19-25-13-15-26(31)16-14-25)29(35)20-34(28-17-12-21(2)18-22(28)3)39(37,38)27-10-8-7-9-11-27/h7-18,23-24H,6,19-20H2,1-5H3,(H,32,36)/t23-,24-/m0/s1. The van der Waals surface area contributed by atoms with E-state index in [0.717, 1.165) is 9.87 Å². The highest BCUT2D eigenvalue weighted by molar-refractivity contribution is 7.92. The number of anilines is 1. The first kappa shape index (κ1) is 29.8. The van der Waals surface area contributed by atoms with E-state index in [9.17, 15) is 22.4 Å².